The average Bonchev–Trinajstić information content (AvgIpc) is 2.62. The molecule has 1 heterocycles. The Kier molecular flexibility index (Phi) is 4.33. The first-order valence-corrected chi connectivity index (χ1v) is 7.50. The maximum atomic E-state index is 10.9. The van der Waals surface area contributed by atoms with Crippen LogP contribution in [0.3, 0.4) is 0 Å². The lowest BCUT2D eigenvalue weighted by atomic mass is 9.87. The van der Waals surface area contributed by atoms with Gasteiger partial charge in [0.05, 0.1) is 12.0 Å². The molecule has 1 saturated heterocycles. The smallest absolute Gasteiger partial charge is 0.305 e. The molecular weight excluding hydrogens is 236 g/mol. The number of hydrogen-bond acceptors (Lipinski definition) is 4. The van der Waals surface area contributed by atoms with E-state index in [2.05, 4.69) is 17.6 Å². The Bertz CT molecular complexity index is 282. The van der Waals surface area contributed by atoms with Crippen LogP contribution in [0.15, 0.2) is 0 Å². The fourth-order valence-electron chi connectivity index (χ4n) is 2.89. The number of hydrogen-bond donors (Lipinski definition) is 3. The fraction of sp³-hybridized carbons (Fsp3) is 0.917. The van der Waals surface area contributed by atoms with E-state index in [4.69, 9.17) is 5.11 Å². The topological polar surface area (TPSA) is 61.4 Å². The molecule has 2 rings (SSSR count). The zero-order chi connectivity index (χ0) is 12.3. The molecule has 2 fully saturated rings. The van der Waals surface area contributed by atoms with Crippen LogP contribution in [0.2, 0.25) is 0 Å². The van der Waals surface area contributed by atoms with E-state index in [1.807, 2.05) is 11.8 Å². The molecule has 4 nitrogen and oxygen atoms in total. The summed E-state index contributed by atoms with van der Waals surface area (Å²) >= 11 is 2.04. The van der Waals surface area contributed by atoms with Gasteiger partial charge in [-0.15, -0.1) is 0 Å². The summed E-state index contributed by atoms with van der Waals surface area (Å²) < 4.78 is 0. The average molecular weight is 258 g/mol. The Balaban J connectivity index is 1.81. The first-order valence-electron chi connectivity index (χ1n) is 6.45. The van der Waals surface area contributed by atoms with Gasteiger partial charge in [0.15, 0.2) is 0 Å². The highest BCUT2D eigenvalue weighted by molar-refractivity contribution is 7.99. The van der Waals surface area contributed by atoms with Crippen LogP contribution in [-0.4, -0.2) is 46.7 Å². The minimum absolute atomic E-state index is 0.178. The van der Waals surface area contributed by atoms with Crippen molar-refractivity contribution in [3.8, 4) is 0 Å². The Morgan fingerprint density at radius 2 is 2.29 bits per heavy atom. The third kappa shape index (κ3) is 3.36. The summed E-state index contributed by atoms with van der Waals surface area (Å²) in [5.41, 5.74) is -0.178. The normalized spacial score (nSPS) is 31.1. The Labute approximate surface area is 107 Å². The maximum absolute atomic E-state index is 10.9. The van der Waals surface area contributed by atoms with Crippen molar-refractivity contribution in [2.24, 2.45) is 0 Å². The molecule has 0 aromatic heterocycles. The second kappa shape index (κ2) is 5.59. The van der Waals surface area contributed by atoms with Gasteiger partial charge in [-0.05, 0) is 25.0 Å². The lowest BCUT2D eigenvalue weighted by molar-refractivity contribution is -0.139. The molecule has 17 heavy (non-hydrogen) atoms. The molecule has 1 aliphatic carbocycles. The molecule has 3 N–H and O–H groups in total. The van der Waals surface area contributed by atoms with Gasteiger partial charge < -0.3 is 15.7 Å². The molecule has 1 aliphatic heterocycles. The molecule has 0 spiro atoms. The van der Waals surface area contributed by atoms with Gasteiger partial charge in [0.25, 0.3) is 0 Å². The minimum Gasteiger partial charge on any atom is -0.481 e. The largest absolute Gasteiger partial charge is 0.481 e. The summed E-state index contributed by atoms with van der Waals surface area (Å²) in [6.45, 7) is 3.79. The van der Waals surface area contributed by atoms with Crippen molar-refractivity contribution in [2.45, 2.75) is 49.4 Å². The molecule has 0 aromatic rings. The van der Waals surface area contributed by atoms with Gasteiger partial charge in [0.2, 0.25) is 0 Å². The predicted molar refractivity (Wildman–Crippen MR) is 70.5 cm³/mol. The lowest BCUT2D eigenvalue weighted by Crippen LogP contribution is -2.70. The zero-order valence-corrected chi connectivity index (χ0v) is 11.2. The number of thioether (sulfide) groups is 1. The van der Waals surface area contributed by atoms with Crippen LogP contribution in [0.5, 0.6) is 0 Å². The molecule has 0 bridgehead atoms. The van der Waals surface area contributed by atoms with Crippen LogP contribution in [0, 0.1) is 0 Å². The van der Waals surface area contributed by atoms with Crippen LogP contribution in [0.1, 0.15) is 32.6 Å². The summed E-state index contributed by atoms with van der Waals surface area (Å²) in [7, 11) is 0. The standard InChI is InChI=1S/C12H22N2O2S/c1-2-17-10-4-3-9(5-10)14-12(6-11(15)16)7-13-8-12/h9-10,13-14H,2-8H2,1H3,(H,15,16). The summed E-state index contributed by atoms with van der Waals surface area (Å²) in [5, 5.41) is 16.5. The molecule has 98 valence electrons. The second-order valence-electron chi connectivity index (χ2n) is 5.19. The first kappa shape index (κ1) is 13.2. The predicted octanol–water partition coefficient (Wildman–Crippen LogP) is 1.07. The highest BCUT2D eigenvalue weighted by Gasteiger charge is 2.41. The van der Waals surface area contributed by atoms with Crippen molar-refractivity contribution in [1.82, 2.24) is 10.6 Å². The Hall–Kier alpha value is -0.260. The van der Waals surface area contributed by atoms with Crippen molar-refractivity contribution in [1.29, 1.82) is 0 Å². The molecule has 0 aromatic carbocycles. The summed E-state index contributed by atoms with van der Waals surface area (Å²) in [4.78, 5) is 10.9. The zero-order valence-electron chi connectivity index (χ0n) is 10.4. The molecule has 2 atom stereocenters. The molecule has 5 heteroatoms. The highest BCUT2D eigenvalue weighted by Crippen LogP contribution is 2.31. The van der Waals surface area contributed by atoms with E-state index < -0.39 is 5.97 Å². The molecule has 1 saturated carbocycles. The quantitative estimate of drug-likeness (QED) is 0.665. The number of carboxylic acid groups (broad SMARTS) is 1. The van der Waals surface area contributed by atoms with Gasteiger partial charge in [-0.3, -0.25) is 4.79 Å². The van der Waals surface area contributed by atoms with Crippen molar-refractivity contribution in [3.05, 3.63) is 0 Å². The number of carboxylic acids is 1. The van der Waals surface area contributed by atoms with E-state index in [0.717, 1.165) is 18.3 Å². The van der Waals surface area contributed by atoms with Gasteiger partial charge in [-0.1, -0.05) is 6.92 Å². The Morgan fingerprint density at radius 1 is 1.53 bits per heavy atom. The van der Waals surface area contributed by atoms with Gasteiger partial charge in [0.1, 0.15) is 0 Å². The monoisotopic (exact) mass is 258 g/mol. The SMILES string of the molecule is CCSC1CCC(NC2(CC(=O)O)CNC2)C1. The van der Waals surface area contributed by atoms with Gasteiger partial charge in [-0.2, -0.15) is 11.8 Å². The van der Waals surface area contributed by atoms with Crippen LogP contribution in [-0.2, 0) is 4.79 Å². The number of aliphatic carboxylic acids is 1. The highest BCUT2D eigenvalue weighted by atomic mass is 32.2. The molecule has 2 unspecified atom stereocenters. The molecular formula is C12H22N2O2S. The molecule has 0 radical (unpaired) electrons. The van der Waals surface area contributed by atoms with E-state index in [0.29, 0.717) is 6.04 Å². The Morgan fingerprint density at radius 3 is 2.82 bits per heavy atom. The summed E-state index contributed by atoms with van der Waals surface area (Å²) in [5.74, 6) is 0.482. The number of rotatable bonds is 6. The first-order chi connectivity index (χ1) is 8.13. The van der Waals surface area contributed by atoms with E-state index in [9.17, 15) is 4.79 Å². The van der Waals surface area contributed by atoms with E-state index in [1.54, 1.807) is 0 Å². The van der Waals surface area contributed by atoms with Crippen LogP contribution < -0.4 is 10.6 Å². The van der Waals surface area contributed by atoms with Gasteiger partial charge in [0, 0.05) is 24.4 Å². The second-order valence-corrected chi connectivity index (χ2v) is 6.76. The van der Waals surface area contributed by atoms with E-state index >= 15 is 0 Å². The van der Waals surface area contributed by atoms with Crippen LogP contribution in [0.4, 0.5) is 0 Å². The van der Waals surface area contributed by atoms with Crippen molar-refractivity contribution in [3.63, 3.8) is 0 Å². The number of nitrogens with one attached hydrogen (secondary N) is 2. The van der Waals surface area contributed by atoms with Crippen LogP contribution in [0.25, 0.3) is 0 Å². The van der Waals surface area contributed by atoms with Gasteiger partial charge in [-0.25, -0.2) is 0 Å². The van der Waals surface area contributed by atoms with E-state index in [1.165, 1.54) is 25.0 Å². The maximum Gasteiger partial charge on any atom is 0.305 e. The van der Waals surface area contributed by atoms with Crippen molar-refractivity contribution in [2.75, 3.05) is 18.8 Å². The van der Waals surface area contributed by atoms with Crippen LogP contribution >= 0.6 is 11.8 Å². The minimum atomic E-state index is -0.698. The number of carbonyl (C=O) groups is 1. The molecule has 2 aliphatic rings. The molecule has 0 amide bonds. The fourth-order valence-corrected chi connectivity index (χ4v) is 4.03. The summed E-state index contributed by atoms with van der Waals surface area (Å²) in [6.07, 6.45) is 3.90. The van der Waals surface area contributed by atoms with Crippen molar-refractivity contribution >= 4 is 17.7 Å². The van der Waals surface area contributed by atoms with E-state index in [-0.39, 0.29) is 12.0 Å². The lowest BCUT2D eigenvalue weighted by Gasteiger charge is -2.44. The van der Waals surface area contributed by atoms with Crippen molar-refractivity contribution < 1.29 is 9.90 Å². The summed E-state index contributed by atoms with van der Waals surface area (Å²) in [6, 6.07) is 0.514. The third-order valence-corrected chi connectivity index (χ3v) is 4.95. The third-order valence-electron chi connectivity index (χ3n) is 3.71. The van der Waals surface area contributed by atoms with Gasteiger partial charge >= 0.3 is 5.97 Å².